The van der Waals surface area contributed by atoms with Crippen molar-refractivity contribution in [3.8, 4) is 0 Å². The second kappa shape index (κ2) is 7.17. The van der Waals surface area contributed by atoms with Crippen molar-refractivity contribution in [1.29, 1.82) is 0 Å². The molecule has 2 fully saturated rings. The van der Waals surface area contributed by atoms with Crippen LogP contribution in [0.25, 0.3) is 0 Å². The maximum absolute atomic E-state index is 13.0. The highest BCUT2D eigenvalue weighted by Crippen LogP contribution is 2.35. The molecule has 0 N–H and O–H groups in total. The Labute approximate surface area is 160 Å². The van der Waals surface area contributed by atoms with E-state index >= 15 is 0 Å². The summed E-state index contributed by atoms with van der Waals surface area (Å²) in [5.74, 6) is 0.0773. The minimum atomic E-state index is -0.422. The first kappa shape index (κ1) is 18.3. The number of rotatable bonds is 4. The van der Waals surface area contributed by atoms with E-state index in [4.69, 9.17) is 4.74 Å². The number of carbonyl (C=O) groups is 2. The molecule has 3 aliphatic heterocycles. The first-order valence-electron chi connectivity index (χ1n) is 10.4. The third-order valence-electron chi connectivity index (χ3n) is 6.41. The van der Waals surface area contributed by atoms with Crippen molar-refractivity contribution in [3.63, 3.8) is 0 Å². The van der Waals surface area contributed by atoms with Crippen LogP contribution in [0.1, 0.15) is 68.4 Å². The van der Waals surface area contributed by atoms with Gasteiger partial charge in [-0.05, 0) is 32.6 Å². The van der Waals surface area contributed by atoms with Crippen LogP contribution in [-0.4, -0.2) is 62.9 Å². The minimum Gasteiger partial charge on any atom is -0.441 e. The number of hydrogen-bond acceptors (Lipinski definition) is 4. The molecule has 27 heavy (non-hydrogen) atoms. The third kappa shape index (κ3) is 3.32. The van der Waals surface area contributed by atoms with E-state index in [1.165, 1.54) is 0 Å². The van der Waals surface area contributed by atoms with E-state index in [-0.39, 0.29) is 18.0 Å². The van der Waals surface area contributed by atoms with Gasteiger partial charge in [0.25, 0.3) is 5.91 Å². The Bertz CT molecular complexity index is 721. The Kier molecular flexibility index (Phi) is 4.86. The van der Waals surface area contributed by atoms with Crippen molar-refractivity contribution in [2.75, 3.05) is 19.6 Å². The van der Waals surface area contributed by atoms with Gasteiger partial charge in [0, 0.05) is 38.5 Å². The number of ether oxygens (including phenoxy) is 1. The first-order chi connectivity index (χ1) is 13.0. The maximum Gasteiger partial charge on any atom is 0.410 e. The van der Waals surface area contributed by atoms with E-state index in [2.05, 4.69) is 18.9 Å². The van der Waals surface area contributed by atoms with Crippen molar-refractivity contribution in [3.05, 3.63) is 17.5 Å². The lowest BCUT2D eigenvalue weighted by atomic mass is 9.90. The topological polar surface area (TPSA) is 67.7 Å². The summed E-state index contributed by atoms with van der Waals surface area (Å²) in [6.45, 7) is 7.05. The fraction of sp³-hybridized carbons (Fsp3) is 0.750. The number of carbonyl (C=O) groups excluding carboxylic acids is 2. The van der Waals surface area contributed by atoms with Crippen LogP contribution in [0.15, 0.2) is 6.20 Å². The molecule has 0 saturated carbocycles. The molecule has 1 atom stereocenters. The molecule has 1 spiro atoms. The molecule has 148 valence electrons. The lowest BCUT2D eigenvalue weighted by Gasteiger charge is -2.37. The molecule has 7 heteroatoms. The van der Waals surface area contributed by atoms with Crippen molar-refractivity contribution in [1.82, 2.24) is 19.6 Å². The normalized spacial score (nSPS) is 22.7. The highest BCUT2D eigenvalue weighted by Gasteiger charge is 2.48. The van der Waals surface area contributed by atoms with Crippen LogP contribution in [0, 0.1) is 0 Å². The van der Waals surface area contributed by atoms with Crippen molar-refractivity contribution < 1.29 is 14.3 Å². The van der Waals surface area contributed by atoms with Gasteiger partial charge in [0.05, 0.1) is 24.0 Å². The fourth-order valence-electron chi connectivity index (χ4n) is 4.71. The van der Waals surface area contributed by atoms with Gasteiger partial charge < -0.3 is 14.5 Å². The summed E-state index contributed by atoms with van der Waals surface area (Å²) in [6, 6.07) is 0.209. The summed E-state index contributed by atoms with van der Waals surface area (Å²) in [5.41, 5.74) is 1.42. The quantitative estimate of drug-likeness (QED) is 0.813. The molecule has 0 aromatic carbocycles. The number of likely N-dealkylation sites (tertiary alicyclic amines) is 1. The third-order valence-corrected chi connectivity index (χ3v) is 6.41. The van der Waals surface area contributed by atoms with Crippen LogP contribution in [0.3, 0.4) is 0 Å². The number of aryl methyl sites for hydroxylation is 1. The van der Waals surface area contributed by atoms with E-state index in [0.717, 1.165) is 49.9 Å². The molecule has 0 aliphatic carbocycles. The van der Waals surface area contributed by atoms with Gasteiger partial charge in [-0.25, -0.2) is 4.79 Å². The van der Waals surface area contributed by atoms with Gasteiger partial charge in [0.15, 0.2) is 0 Å². The Morgan fingerprint density at radius 3 is 2.81 bits per heavy atom. The Morgan fingerprint density at radius 2 is 2.07 bits per heavy atom. The average Bonchev–Trinajstić information content (AvgIpc) is 3.23. The van der Waals surface area contributed by atoms with Crippen LogP contribution in [0.2, 0.25) is 0 Å². The average molecular weight is 374 g/mol. The van der Waals surface area contributed by atoms with Gasteiger partial charge in [0.2, 0.25) is 0 Å². The highest BCUT2D eigenvalue weighted by molar-refractivity contribution is 5.95. The molecule has 1 aromatic heterocycles. The molecule has 2 amide bonds. The molecule has 4 heterocycles. The summed E-state index contributed by atoms with van der Waals surface area (Å²) in [6.07, 6.45) is 8.19. The Hall–Kier alpha value is -2.05. The zero-order chi connectivity index (χ0) is 19.0. The second-order valence-electron chi connectivity index (χ2n) is 8.29. The van der Waals surface area contributed by atoms with E-state index in [9.17, 15) is 9.59 Å². The molecule has 3 aliphatic rings. The monoisotopic (exact) mass is 374 g/mol. The minimum absolute atomic E-state index is 0.0773. The predicted octanol–water partition coefficient (Wildman–Crippen LogP) is 2.84. The van der Waals surface area contributed by atoms with E-state index < -0.39 is 5.60 Å². The SMILES string of the molecule is CCC[C@@H](C)N1CC2(CCN(C(=O)c3cnn4c3CCCC4)CC2)OC1=O. The van der Waals surface area contributed by atoms with Crippen LogP contribution in [0.4, 0.5) is 4.79 Å². The van der Waals surface area contributed by atoms with Gasteiger partial charge in [-0.3, -0.25) is 9.48 Å². The number of aromatic nitrogens is 2. The molecule has 0 bridgehead atoms. The van der Waals surface area contributed by atoms with E-state index in [1.807, 2.05) is 14.5 Å². The molecule has 4 rings (SSSR count). The largest absolute Gasteiger partial charge is 0.441 e. The summed E-state index contributed by atoms with van der Waals surface area (Å²) in [5, 5.41) is 4.39. The van der Waals surface area contributed by atoms with Crippen LogP contribution >= 0.6 is 0 Å². The molecule has 7 nitrogen and oxygen atoms in total. The Balaban J connectivity index is 1.40. The van der Waals surface area contributed by atoms with Gasteiger partial charge in [0.1, 0.15) is 5.60 Å². The number of nitrogens with zero attached hydrogens (tertiary/aromatic N) is 4. The van der Waals surface area contributed by atoms with Crippen molar-refractivity contribution >= 4 is 12.0 Å². The van der Waals surface area contributed by atoms with Gasteiger partial charge >= 0.3 is 6.09 Å². The lowest BCUT2D eigenvalue weighted by Crippen LogP contribution is -2.49. The van der Waals surface area contributed by atoms with E-state index in [0.29, 0.717) is 32.5 Å². The zero-order valence-electron chi connectivity index (χ0n) is 16.4. The molecule has 0 unspecified atom stereocenters. The molecule has 0 radical (unpaired) electrons. The van der Waals surface area contributed by atoms with Gasteiger partial charge in [-0.1, -0.05) is 13.3 Å². The zero-order valence-corrected chi connectivity index (χ0v) is 16.4. The van der Waals surface area contributed by atoms with E-state index in [1.54, 1.807) is 6.20 Å². The second-order valence-corrected chi connectivity index (χ2v) is 8.29. The Morgan fingerprint density at radius 1 is 1.30 bits per heavy atom. The number of piperidine rings is 1. The molecule has 2 saturated heterocycles. The van der Waals surface area contributed by atoms with Gasteiger partial charge in [-0.2, -0.15) is 5.10 Å². The van der Waals surface area contributed by atoms with Crippen molar-refractivity contribution in [2.45, 2.75) is 77.0 Å². The molecular weight excluding hydrogens is 344 g/mol. The van der Waals surface area contributed by atoms with Crippen LogP contribution < -0.4 is 0 Å². The van der Waals surface area contributed by atoms with Crippen molar-refractivity contribution in [2.24, 2.45) is 0 Å². The smallest absolute Gasteiger partial charge is 0.410 e. The number of amides is 2. The first-order valence-corrected chi connectivity index (χ1v) is 10.4. The maximum atomic E-state index is 13.0. The van der Waals surface area contributed by atoms with Crippen LogP contribution in [-0.2, 0) is 17.7 Å². The number of fused-ring (bicyclic) bond motifs is 1. The highest BCUT2D eigenvalue weighted by atomic mass is 16.6. The van der Waals surface area contributed by atoms with Crippen LogP contribution in [0.5, 0.6) is 0 Å². The predicted molar refractivity (Wildman–Crippen MR) is 101 cm³/mol. The summed E-state index contributed by atoms with van der Waals surface area (Å²) in [4.78, 5) is 29.1. The number of hydrogen-bond donors (Lipinski definition) is 0. The van der Waals surface area contributed by atoms with Gasteiger partial charge in [-0.15, -0.1) is 0 Å². The summed E-state index contributed by atoms with van der Waals surface area (Å²) < 4.78 is 7.79. The summed E-state index contributed by atoms with van der Waals surface area (Å²) >= 11 is 0. The molecule has 1 aromatic rings. The molecular formula is C20H30N4O3. The fourth-order valence-corrected chi connectivity index (χ4v) is 4.71. The lowest BCUT2D eigenvalue weighted by molar-refractivity contribution is 0.00303. The standard InChI is InChI=1S/C20H30N4O3/c1-3-6-15(2)23-14-20(27-19(23)26)8-11-22(12-9-20)18(25)16-13-21-24-10-5-4-7-17(16)24/h13,15H,3-12,14H2,1-2H3/t15-/m1/s1. The summed E-state index contributed by atoms with van der Waals surface area (Å²) in [7, 11) is 0.